The molecule has 0 radical (unpaired) electrons. The number of rotatable bonds is 18. The fourth-order valence-electron chi connectivity index (χ4n) is 8.29. The summed E-state index contributed by atoms with van der Waals surface area (Å²) in [4.78, 5) is 29.0. The maximum atomic E-state index is 14.6. The lowest BCUT2D eigenvalue weighted by molar-refractivity contribution is -0.312. The Hall–Kier alpha value is -5.20. The standard InChI is InChI=1S/C49H53NO9/c1-36(51)55-34-42-28-49(46(48(52)53-2)50(42)29-37-18-8-3-9-19-37)47(58-33-41-26-16-7-17-27-41)45(57-32-40-24-14-6-15-25-40)44(56-31-39-22-12-5-13-23-39)43(59-49)35-54-30-38-20-10-4-11-21-38/h3-27,42-47H,28-35H2,1-2H3/t42-,43?,44?,45?,46+,47?,49?/m0/s1. The summed E-state index contributed by atoms with van der Waals surface area (Å²) >= 11 is 0. The molecule has 2 saturated heterocycles. The molecule has 2 aliphatic heterocycles. The van der Waals surface area contributed by atoms with Gasteiger partial charge in [0, 0.05) is 25.9 Å². The number of nitrogens with zero attached hydrogens (tertiary/aromatic N) is 1. The van der Waals surface area contributed by atoms with Crippen molar-refractivity contribution in [3.63, 3.8) is 0 Å². The minimum Gasteiger partial charge on any atom is -0.468 e. The average Bonchev–Trinajstić information content (AvgIpc) is 3.57. The zero-order chi connectivity index (χ0) is 40.9. The van der Waals surface area contributed by atoms with E-state index in [1.54, 1.807) is 0 Å². The van der Waals surface area contributed by atoms with Crippen molar-refractivity contribution >= 4 is 11.9 Å². The zero-order valence-electron chi connectivity index (χ0n) is 33.7. The van der Waals surface area contributed by atoms with Gasteiger partial charge in [-0.1, -0.05) is 152 Å². The first-order chi connectivity index (χ1) is 28.9. The fraction of sp³-hybridized carbons (Fsp3) is 0.347. The Bertz CT molecular complexity index is 2020. The summed E-state index contributed by atoms with van der Waals surface area (Å²) in [7, 11) is 1.38. The van der Waals surface area contributed by atoms with Crippen molar-refractivity contribution in [2.75, 3.05) is 20.3 Å². The van der Waals surface area contributed by atoms with Crippen LogP contribution < -0.4 is 0 Å². The van der Waals surface area contributed by atoms with Crippen molar-refractivity contribution in [3.05, 3.63) is 179 Å². The number of hydrogen-bond acceptors (Lipinski definition) is 10. The third-order valence-corrected chi connectivity index (χ3v) is 11.0. The van der Waals surface area contributed by atoms with E-state index >= 15 is 0 Å². The smallest absolute Gasteiger partial charge is 0.326 e. The van der Waals surface area contributed by atoms with Gasteiger partial charge >= 0.3 is 11.9 Å². The molecule has 1 spiro atoms. The lowest BCUT2D eigenvalue weighted by atomic mass is 9.78. The first-order valence-electron chi connectivity index (χ1n) is 20.2. The van der Waals surface area contributed by atoms with Crippen LogP contribution in [-0.4, -0.2) is 79.3 Å². The molecule has 10 heteroatoms. The van der Waals surface area contributed by atoms with E-state index in [-0.39, 0.29) is 39.5 Å². The van der Waals surface area contributed by atoms with E-state index in [2.05, 4.69) is 0 Å². The molecule has 308 valence electrons. The molecule has 5 aromatic rings. The lowest BCUT2D eigenvalue weighted by Crippen LogP contribution is -2.71. The van der Waals surface area contributed by atoms with Crippen molar-refractivity contribution in [2.24, 2.45) is 0 Å². The summed E-state index contributed by atoms with van der Waals surface area (Å²) in [5.74, 6) is -0.929. The number of hydrogen-bond donors (Lipinski definition) is 0. The van der Waals surface area contributed by atoms with E-state index in [9.17, 15) is 9.59 Å². The first kappa shape index (κ1) is 41.9. The molecule has 0 N–H and O–H groups in total. The summed E-state index contributed by atoms with van der Waals surface area (Å²) < 4.78 is 46.4. The number of likely N-dealkylation sites (tertiary alicyclic amines) is 1. The number of carbonyl (C=O) groups excluding carboxylic acids is 2. The molecule has 59 heavy (non-hydrogen) atoms. The van der Waals surface area contributed by atoms with Crippen LogP contribution in [0.1, 0.15) is 41.2 Å². The summed E-state index contributed by atoms with van der Waals surface area (Å²) in [6.07, 6.45) is -2.87. The largest absolute Gasteiger partial charge is 0.468 e. The van der Waals surface area contributed by atoms with Gasteiger partial charge in [-0.3, -0.25) is 14.5 Å². The Labute approximate surface area is 346 Å². The Morgan fingerprint density at radius 1 is 0.610 bits per heavy atom. The van der Waals surface area contributed by atoms with Crippen LogP contribution in [0.2, 0.25) is 0 Å². The molecule has 7 atom stereocenters. The van der Waals surface area contributed by atoms with Crippen LogP contribution in [-0.2, 0) is 75.7 Å². The van der Waals surface area contributed by atoms with Gasteiger partial charge < -0.3 is 33.2 Å². The van der Waals surface area contributed by atoms with Crippen LogP contribution in [0, 0.1) is 0 Å². The molecular weight excluding hydrogens is 747 g/mol. The molecule has 0 saturated carbocycles. The number of esters is 2. The molecule has 0 bridgehead atoms. The zero-order valence-corrected chi connectivity index (χ0v) is 33.7. The number of benzene rings is 5. The van der Waals surface area contributed by atoms with E-state index in [4.69, 9.17) is 33.2 Å². The average molecular weight is 800 g/mol. The lowest BCUT2D eigenvalue weighted by Gasteiger charge is -2.53. The molecule has 10 nitrogen and oxygen atoms in total. The van der Waals surface area contributed by atoms with Gasteiger partial charge in [0.1, 0.15) is 42.7 Å². The molecule has 0 aliphatic carbocycles. The summed E-state index contributed by atoms with van der Waals surface area (Å²) in [5.41, 5.74) is 3.45. The quantitative estimate of drug-likeness (QED) is 0.0830. The number of carbonyl (C=O) groups is 2. The summed E-state index contributed by atoms with van der Waals surface area (Å²) in [6, 6.07) is 48.1. The van der Waals surface area contributed by atoms with Gasteiger partial charge in [-0.05, 0) is 27.8 Å². The summed E-state index contributed by atoms with van der Waals surface area (Å²) in [6.45, 7) is 2.91. The highest BCUT2D eigenvalue weighted by atomic mass is 16.6. The normalized spacial score (nSPS) is 24.2. The van der Waals surface area contributed by atoms with Gasteiger partial charge in [0.2, 0.25) is 0 Å². The van der Waals surface area contributed by atoms with E-state index in [0.29, 0.717) is 13.2 Å². The van der Waals surface area contributed by atoms with Gasteiger partial charge in [0.25, 0.3) is 0 Å². The molecule has 2 fully saturated rings. The van der Waals surface area contributed by atoms with Crippen molar-refractivity contribution in [1.29, 1.82) is 0 Å². The third kappa shape index (κ3) is 10.7. The minimum absolute atomic E-state index is 0.0187. The van der Waals surface area contributed by atoms with Crippen molar-refractivity contribution < 1.29 is 42.7 Å². The molecular formula is C49H53NO9. The topological polar surface area (TPSA) is 102 Å². The van der Waals surface area contributed by atoms with E-state index < -0.39 is 54.0 Å². The van der Waals surface area contributed by atoms with Crippen molar-refractivity contribution in [3.8, 4) is 0 Å². The van der Waals surface area contributed by atoms with Gasteiger partial charge in [-0.2, -0.15) is 0 Å². The van der Waals surface area contributed by atoms with Crippen molar-refractivity contribution in [1.82, 2.24) is 4.90 Å². The second-order valence-electron chi connectivity index (χ2n) is 15.1. The van der Waals surface area contributed by atoms with Crippen LogP contribution in [0.5, 0.6) is 0 Å². The predicted octanol–water partition coefficient (Wildman–Crippen LogP) is 7.48. The molecule has 0 amide bonds. The second-order valence-corrected chi connectivity index (χ2v) is 15.1. The highest BCUT2D eigenvalue weighted by Gasteiger charge is 2.68. The van der Waals surface area contributed by atoms with Crippen LogP contribution in [0.15, 0.2) is 152 Å². The van der Waals surface area contributed by atoms with Crippen molar-refractivity contribution in [2.45, 2.75) is 88.4 Å². The number of methoxy groups -OCH3 is 1. The van der Waals surface area contributed by atoms with Gasteiger partial charge in [-0.25, -0.2) is 0 Å². The molecule has 0 aromatic heterocycles. The molecule has 7 rings (SSSR count). The Morgan fingerprint density at radius 3 is 1.56 bits per heavy atom. The van der Waals surface area contributed by atoms with Gasteiger partial charge in [0.15, 0.2) is 0 Å². The van der Waals surface area contributed by atoms with E-state index in [1.807, 2.05) is 157 Å². The molecule has 2 aliphatic rings. The molecule has 2 heterocycles. The van der Waals surface area contributed by atoms with Gasteiger partial charge in [-0.15, -0.1) is 0 Å². The maximum Gasteiger partial charge on any atom is 0.326 e. The van der Waals surface area contributed by atoms with E-state index in [1.165, 1.54) is 14.0 Å². The van der Waals surface area contributed by atoms with E-state index in [0.717, 1.165) is 27.8 Å². The SMILES string of the molecule is COC(=O)[C@H]1N(Cc2ccccc2)[C@H](COC(C)=O)CC12OC(COCc1ccccc1)C(OCc1ccccc1)C(OCc1ccccc1)C2OCc1ccccc1. The first-order valence-corrected chi connectivity index (χ1v) is 20.2. The number of ether oxygens (including phenoxy) is 7. The van der Waals surface area contributed by atoms with Crippen LogP contribution in [0.25, 0.3) is 0 Å². The Kier molecular flexibility index (Phi) is 14.7. The Balaban J connectivity index is 1.35. The molecule has 5 aromatic carbocycles. The Morgan fingerprint density at radius 2 is 1.07 bits per heavy atom. The molecule has 5 unspecified atom stereocenters. The second kappa shape index (κ2) is 20.7. The highest BCUT2D eigenvalue weighted by molar-refractivity contribution is 5.78. The highest BCUT2D eigenvalue weighted by Crippen LogP contribution is 2.49. The predicted molar refractivity (Wildman–Crippen MR) is 222 cm³/mol. The monoisotopic (exact) mass is 799 g/mol. The van der Waals surface area contributed by atoms with Gasteiger partial charge in [0.05, 0.1) is 40.1 Å². The van der Waals surface area contributed by atoms with Crippen LogP contribution in [0.3, 0.4) is 0 Å². The third-order valence-electron chi connectivity index (χ3n) is 11.0. The maximum absolute atomic E-state index is 14.6. The fourth-order valence-corrected chi connectivity index (χ4v) is 8.29. The minimum atomic E-state index is -1.39. The van der Waals surface area contributed by atoms with Crippen LogP contribution in [0.4, 0.5) is 0 Å². The van der Waals surface area contributed by atoms with Crippen LogP contribution >= 0.6 is 0 Å². The summed E-state index contributed by atoms with van der Waals surface area (Å²) in [5, 5.41) is 0.